The first kappa shape index (κ1) is 29.2. The van der Waals surface area contributed by atoms with Crippen molar-refractivity contribution >= 4 is 11.7 Å². The molecule has 0 radical (unpaired) electrons. The SMILES string of the molecule is CCC(C)[C@H](CC(=O)[C@@H](CC([O-])[C@@H](N)CC1CCCCC1)C(C)C)C(=O)NCc1cccc[n+]1O. The molecule has 35 heavy (non-hydrogen) atoms. The summed E-state index contributed by atoms with van der Waals surface area (Å²) >= 11 is 0. The summed E-state index contributed by atoms with van der Waals surface area (Å²) in [4.78, 5) is 26.5. The van der Waals surface area contributed by atoms with Gasteiger partial charge in [-0.25, -0.2) is 0 Å². The molecule has 0 saturated heterocycles. The Labute approximate surface area is 211 Å². The number of ketones is 1. The number of Topliss-reactive ketones (excluding diaryl/α,β-unsaturated/α-hetero) is 1. The highest BCUT2D eigenvalue weighted by Crippen LogP contribution is 2.30. The van der Waals surface area contributed by atoms with Crippen molar-refractivity contribution in [2.45, 2.75) is 104 Å². The summed E-state index contributed by atoms with van der Waals surface area (Å²) < 4.78 is 0.976. The third kappa shape index (κ3) is 9.19. The van der Waals surface area contributed by atoms with Crippen LogP contribution in [0.5, 0.6) is 0 Å². The summed E-state index contributed by atoms with van der Waals surface area (Å²) in [6.07, 6.45) is 8.39. The maximum atomic E-state index is 13.4. The molecule has 7 heteroatoms. The fraction of sp³-hybridized carbons (Fsp3) is 0.750. The molecule has 0 bridgehead atoms. The first-order valence-electron chi connectivity index (χ1n) is 13.5. The Hall–Kier alpha value is -1.99. The van der Waals surface area contributed by atoms with E-state index in [9.17, 15) is 19.9 Å². The van der Waals surface area contributed by atoms with Crippen LogP contribution in [0, 0.1) is 29.6 Å². The molecule has 0 aliphatic heterocycles. The van der Waals surface area contributed by atoms with Crippen molar-refractivity contribution < 1.29 is 24.6 Å². The Morgan fingerprint density at radius 3 is 2.46 bits per heavy atom. The number of nitrogens with one attached hydrogen (secondary N) is 1. The standard InChI is InChI=1S/C28H47N3O4/c1-5-20(4)24(28(34)30-18-22-13-9-10-14-31(22)35)17-26(32)23(19(2)3)16-27(33)25(29)15-21-11-7-6-8-12-21/h9-10,13-14,19-21,23-25,27,35H,5-8,11-12,15-18,29H2,1-4H3,(H,30,34)/t20?,23-,24-,25-,27?/m0/s1. The zero-order valence-electron chi connectivity index (χ0n) is 22.1. The van der Waals surface area contributed by atoms with Crippen molar-refractivity contribution in [2.24, 2.45) is 35.3 Å². The van der Waals surface area contributed by atoms with Crippen LogP contribution in [0.1, 0.15) is 91.2 Å². The minimum absolute atomic E-state index is 0.0131. The van der Waals surface area contributed by atoms with Gasteiger partial charge < -0.3 is 16.2 Å². The van der Waals surface area contributed by atoms with E-state index in [2.05, 4.69) is 5.32 Å². The van der Waals surface area contributed by atoms with Gasteiger partial charge in [-0.05, 0) is 36.3 Å². The topological polar surface area (TPSA) is 119 Å². The van der Waals surface area contributed by atoms with E-state index in [4.69, 9.17) is 5.73 Å². The summed E-state index contributed by atoms with van der Waals surface area (Å²) in [7, 11) is 0. The van der Waals surface area contributed by atoms with Gasteiger partial charge in [-0.1, -0.05) is 72.6 Å². The zero-order chi connectivity index (χ0) is 26.0. The normalized spacial score (nSPS) is 19.1. The number of pyridine rings is 1. The maximum Gasteiger partial charge on any atom is 0.253 e. The van der Waals surface area contributed by atoms with Crippen molar-refractivity contribution in [3.8, 4) is 0 Å². The quantitative estimate of drug-likeness (QED) is 0.274. The van der Waals surface area contributed by atoms with Gasteiger partial charge in [0.05, 0.1) is 0 Å². The predicted octanol–water partition coefficient (Wildman–Crippen LogP) is 3.14. The number of nitrogens with two attached hydrogens (primary N) is 1. The Balaban J connectivity index is 2.00. The number of rotatable bonds is 14. The minimum atomic E-state index is -0.970. The summed E-state index contributed by atoms with van der Waals surface area (Å²) in [5, 5.41) is 25.8. The first-order valence-corrected chi connectivity index (χ1v) is 13.5. The molecule has 2 unspecified atom stereocenters. The van der Waals surface area contributed by atoms with Crippen molar-refractivity contribution in [1.29, 1.82) is 0 Å². The number of hydrogen-bond acceptors (Lipinski definition) is 5. The summed E-state index contributed by atoms with van der Waals surface area (Å²) in [5.41, 5.74) is 6.86. The predicted molar refractivity (Wildman–Crippen MR) is 134 cm³/mol. The molecule has 4 N–H and O–H groups in total. The smallest absolute Gasteiger partial charge is 0.253 e. The van der Waals surface area contributed by atoms with Gasteiger partial charge in [-0.3, -0.25) is 14.8 Å². The molecular weight excluding hydrogens is 442 g/mol. The van der Waals surface area contributed by atoms with Crippen LogP contribution < -0.4 is 20.9 Å². The fourth-order valence-electron chi connectivity index (χ4n) is 5.28. The molecule has 1 aromatic heterocycles. The van der Waals surface area contributed by atoms with Gasteiger partial charge in [0.25, 0.3) is 5.69 Å². The molecule has 1 aromatic rings. The molecule has 198 valence electrons. The molecule has 1 amide bonds. The Morgan fingerprint density at radius 2 is 1.86 bits per heavy atom. The number of amides is 1. The number of aromatic nitrogens is 1. The molecule has 1 aliphatic carbocycles. The highest BCUT2D eigenvalue weighted by molar-refractivity contribution is 5.88. The van der Waals surface area contributed by atoms with Crippen molar-refractivity contribution in [3.63, 3.8) is 0 Å². The maximum absolute atomic E-state index is 13.4. The lowest BCUT2D eigenvalue weighted by Gasteiger charge is -2.36. The highest BCUT2D eigenvalue weighted by atomic mass is 16.5. The second-order valence-electron chi connectivity index (χ2n) is 10.9. The molecule has 1 heterocycles. The van der Waals surface area contributed by atoms with Gasteiger partial charge in [-0.2, -0.15) is 0 Å². The monoisotopic (exact) mass is 489 g/mol. The first-order chi connectivity index (χ1) is 16.6. The average Bonchev–Trinajstić information content (AvgIpc) is 2.84. The second kappa shape index (κ2) is 14.5. The lowest BCUT2D eigenvalue weighted by atomic mass is 9.77. The third-order valence-electron chi connectivity index (χ3n) is 7.97. The third-order valence-corrected chi connectivity index (χ3v) is 7.97. The average molecular weight is 490 g/mol. The van der Waals surface area contributed by atoms with Crippen LogP contribution in [0.3, 0.4) is 0 Å². The fourth-order valence-corrected chi connectivity index (χ4v) is 5.28. The molecule has 5 atom stereocenters. The van der Waals surface area contributed by atoms with Gasteiger partial charge in [0.15, 0.2) is 0 Å². The zero-order valence-corrected chi connectivity index (χ0v) is 22.1. The highest BCUT2D eigenvalue weighted by Gasteiger charge is 2.32. The lowest BCUT2D eigenvalue weighted by Crippen LogP contribution is -2.48. The van der Waals surface area contributed by atoms with Crippen molar-refractivity contribution in [3.05, 3.63) is 30.1 Å². The van der Waals surface area contributed by atoms with Gasteiger partial charge in [0.2, 0.25) is 12.1 Å². The van der Waals surface area contributed by atoms with Crippen molar-refractivity contribution in [2.75, 3.05) is 0 Å². The summed E-state index contributed by atoms with van der Waals surface area (Å²) in [5.74, 6) is -0.549. The van der Waals surface area contributed by atoms with Crippen LogP contribution in [-0.4, -0.2) is 29.0 Å². The van der Waals surface area contributed by atoms with Gasteiger partial charge in [0.1, 0.15) is 12.3 Å². The van der Waals surface area contributed by atoms with E-state index in [1.54, 1.807) is 18.2 Å². The van der Waals surface area contributed by atoms with E-state index < -0.39 is 24.0 Å². The van der Waals surface area contributed by atoms with E-state index in [1.165, 1.54) is 25.5 Å². The van der Waals surface area contributed by atoms with E-state index in [0.717, 1.165) is 30.4 Å². The molecule has 0 aromatic carbocycles. The van der Waals surface area contributed by atoms with Crippen LogP contribution in [0.2, 0.25) is 0 Å². The molecule has 7 nitrogen and oxygen atoms in total. The van der Waals surface area contributed by atoms with Crippen molar-refractivity contribution in [1.82, 2.24) is 5.32 Å². The van der Waals surface area contributed by atoms with E-state index >= 15 is 0 Å². The van der Waals surface area contributed by atoms with Gasteiger partial charge in [-0.15, -0.1) is 6.10 Å². The molecular formula is C28H47N3O4. The molecule has 2 rings (SSSR count). The van der Waals surface area contributed by atoms with E-state index in [1.807, 2.05) is 27.7 Å². The van der Waals surface area contributed by atoms with Gasteiger partial charge in [0, 0.05) is 35.1 Å². The molecule has 0 spiro atoms. The van der Waals surface area contributed by atoms with E-state index in [0.29, 0.717) is 11.6 Å². The lowest BCUT2D eigenvalue weighted by molar-refractivity contribution is -0.909. The number of carbonyl (C=O) groups is 2. The Morgan fingerprint density at radius 1 is 1.17 bits per heavy atom. The summed E-state index contributed by atoms with van der Waals surface area (Å²) in [6.45, 7) is 8.09. The van der Waals surface area contributed by atoms with Gasteiger partial charge >= 0.3 is 0 Å². The number of hydrogen-bond donors (Lipinski definition) is 3. The van der Waals surface area contributed by atoms with Crippen LogP contribution in [0.4, 0.5) is 0 Å². The number of carbonyl (C=O) groups excluding carboxylic acids is 2. The minimum Gasteiger partial charge on any atom is -0.851 e. The molecule has 1 fully saturated rings. The van der Waals surface area contributed by atoms with Crippen LogP contribution in [0.25, 0.3) is 0 Å². The van der Waals surface area contributed by atoms with Crippen LogP contribution in [0.15, 0.2) is 24.4 Å². The van der Waals surface area contributed by atoms with Crippen LogP contribution >= 0.6 is 0 Å². The molecule has 1 aliphatic rings. The van der Waals surface area contributed by atoms with E-state index in [-0.39, 0.29) is 42.9 Å². The number of nitrogens with zero attached hydrogens (tertiary/aromatic N) is 1. The van der Waals surface area contributed by atoms with Crippen LogP contribution in [-0.2, 0) is 16.1 Å². The summed E-state index contributed by atoms with van der Waals surface area (Å²) in [6, 6.07) is 4.78. The molecule has 1 saturated carbocycles. The Bertz CT molecular complexity index is 794. The second-order valence-corrected chi connectivity index (χ2v) is 10.9. The largest absolute Gasteiger partial charge is 0.851 e. The Kier molecular flexibility index (Phi) is 12.1.